The maximum atomic E-state index is 12.7. The topological polar surface area (TPSA) is 71.5 Å². The number of likely N-dealkylation sites (N-methyl/N-ethyl adjacent to an activating group) is 1. The van der Waals surface area contributed by atoms with Crippen molar-refractivity contribution in [3.05, 3.63) is 83.9 Å². The summed E-state index contributed by atoms with van der Waals surface area (Å²) in [5, 5.41) is 4.89. The maximum absolute atomic E-state index is 12.7. The fourth-order valence-corrected chi connectivity index (χ4v) is 4.58. The van der Waals surface area contributed by atoms with Crippen molar-refractivity contribution in [2.24, 2.45) is 0 Å². The van der Waals surface area contributed by atoms with Crippen LogP contribution in [0.1, 0.15) is 0 Å². The van der Waals surface area contributed by atoms with Crippen LogP contribution in [0.25, 0.3) is 22.0 Å². The molecule has 1 aromatic heterocycles. The van der Waals surface area contributed by atoms with E-state index in [1.165, 1.54) is 16.7 Å². The number of carbonyl (C=O) groups is 2. The van der Waals surface area contributed by atoms with E-state index in [9.17, 15) is 9.59 Å². The van der Waals surface area contributed by atoms with Gasteiger partial charge in [-0.2, -0.15) is 0 Å². The summed E-state index contributed by atoms with van der Waals surface area (Å²) in [4.78, 5) is 31.2. The standard InChI is InChI=1S/C27H24ClN3O3S/c1-31(16-25(32)29-23-11-7-6-10-22(23)28)27(33)17-35-26-15-21(18-8-4-3-5-9-18)20-13-12-19(34-2)14-24(20)30-26/h3-15H,16-17H2,1-2H3,(H,29,32). The smallest absolute Gasteiger partial charge is 0.244 e. The van der Waals surface area contributed by atoms with E-state index in [4.69, 9.17) is 21.3 Å². The van der Waals surface area contributed by atoms with E-state index in [1.54, 1.807) is 38.4 Å². The molecule has 2 amide bonds. The zero-order chi connectivity index (χ0) is 24.8. The molecule has 3 aromatic carbocycles. The summed E-state index contributed by atoms with van der Waals surface area (Å²) in [5.41, 5.74) is 3.39. The largest absolute Gasteiger partial charge is 0.497 e. The number of benzene rings is 3. The fraction of sp³-hybridized carbons (Fsp3) is 0.148. The lowest BCUT2D eigenvalue weighted by Gasteiger charge is -2.17. The molecule has 0 aliphatic carbocycles. The first-order valence-corrected chi connectivity index (χ1v) is 12.3. The van der Waals surface area contributed by atoms with Crippen LogP contribution in [0.4, 0.5) is 5.69 Å². The summed E-state index contributed by atoms with van der Waals surface area (Å²) in [6, 6.07) is 24.8. The minimum atomic E-state index is -0.318. The minimum Gasteiger partial charge on any atom is -0.497 e. The second kappa shape index (κ2) is 11.3. The first kappa shape index (κ1) is 24.6. The highest BCUT2D eigenvalue weighted by Crippen LogP contribution is 2.33. The van der Waals surface area contributed by atoms with Crippen molar-refractivity contribution in [3.8, 4) is 16.9 Å². The van der Waals surface area contributed by atoms with Gasteiger partial charge in [0.1, 0.15) is 5.75 Å². The number of carbonyl (C=O) groups excluding carboxylic acids is 2. The third-order valence-electron chi connectivity index (χ3n) is 5.38. The molecule has 0 spiro atoms. The molecule has 8 heteroatoms. The summed E-state index contributed by atoms with van der Waals surface area (Å²) < 4.78 is 5.37. The highest BCUT2D eigenvalue weighted by Gasteiger charge is 2.16. The van der Waals surface area contributed by atoms with Crippen molar-refractivity contribution >= 4 is 51.8 Å². The number of nitrogens with one attached hydrogen (secondary N) is 1. The molecule has 178 valence electrons. The molecule has 0 aliphatic rings. The molecular weight excluding hydrogens is 482 g/mol. The van der Waals surface area contributed by atoms with E-state index in [2.05, 4.69) is 5.32 Å². The Bertz CT molecular complexity index is 1360. The summed E-state index contributed by atoms with van der Waals surface area (Å²) in [6.45, 7) is -0.0811. The van der Waals surface area contributed by atoms with Crippen LogP contribution in [0, 0.1) is 0 Å². The van der Waals surface area contributed by atoms with Crippen molar-refractivity contribution in [2.45, 2.75) is 5.03 Å². The van der Waals surface area contributed by atoms with E-state index in [0.717, 1.165) is 22.0 Å². The number of anilines is 1. The molecule has 1 N–H and O–H groups in total. The van der Waals surface area contributed by atoms with Gasteiger partial charge in [-0.25, -0.2) is 4.98 Å². The van der Waals surface area contributed by atoms with Crippen molar-refractivity contribution in [2.75, 3.05) is 31.8 Å². The molecule has 1 heterocycles. The van der Waals surface area contributed by atoms with Crippen LogP contribution < -0.4 is 10.1 Å². The Labute approximate surface area is 213 Å². The van der Waals surface area contributed by atoms with Crippen LogP contribution >= 0.6 is 23.4 Å². The first-order chi connectivity index (χ1) is 16.9. The van der Waals surface area contributed by atoms with E-state index in [0.29, 0.717) is 21.5 Å². The molecule has 0 saturated carbocycles. The van der Waals surface area contributed by atoms with Gasteiger partial charge in [0.2, 0.25) is 11.8 Å². The SMILES string of the molecule is COc1ccc2c(-c3ccccc3)cc(SCC(=O)N(C)CC(=O)Nc3ccccc3Cl)nc2c1. The molecule has 0 aliphatic heterocycles. The van der Waals surface area contributed by atoms with Gasteiger partial charge in [-0.15, -0.1) is 0 Å². The van der Waals surface area contributed by atoms with E-state index in [-0.39, 0.29) is 24.1 Å². The monoisotopic (exact) mass is 505 g/mol. The van der Waals surface area contributed by atoms with Gasteiger partial charge in [0, 0.05) is 18.5 Å². The van der Waals surface area contributed by atoms with Crippen LogP contribution in [-0.2, 0) is 9.59 Å². The third kappa shape index (κ3) is 6.12. The Balaban J connectivity index is 1.47. The predicted molar refractivity (Wildman–Crippen MR) is 142 cm³/mol. The van der Waals surface area contributed by atoms with Gasteiger partial charge in [0.15, 0.2) is 0 Å². The van der Waals surface area contributed by atoms with Gasteiger partial charge >= 0.3 is 0 Å². The van der Waals surface area contributed by atoms with E-state index < -0.39 is 0 Å². The van der Waals surface area contributed by atoms with Gasteiger partial charge in [-0.05, 0) is 41.5 Å². The lowest BCUT2D eigenvalue weighted by atomic mass is 10.0. The molecular formula is C27H24ClN3O3S. The molecule has 0 atom stereocenters. The summed E-state index contributed by atoms with van der Waals surface area (Å²) >= 11 is 7.42. The Kier molecular flexibility index (Phi) is 7.90. The molecule has 6 nitrogen and oxygen atoms in total. The van der Waals surface area contributed by atoms with Crippen LogP contribution in [0.15, 0.2) is 83.9 Å². The lowest BCUT2D eigenvalue weighted by Crippen LogP contribution is -2.36. The number of hydrogen-bond acceptors (Lipinski definition) is 5. The summed E-state index contributed by atoms with van der Waals surface area (Å²) in [7, 11) is 3.22. The average Bonchev–Trinajstić information content (AvgIpc) is 2.88. The van der Waals surface area contributed by atoms with Crippen molar-refractivity contribution < 1.29 is 14.3 Å². The molecule has 0 unspecified atom stereocenters. The highest BCUT2D eigenvalue weighted by atomic mass is 35.5. The van der Waals surface area contributed by atoms with Gasteiger partial charge in [0.05, 0.1) is 40.7 Å². The Morgan fingerprint density at radius 1 is 1.03 bits per heavy atom. The number of hydrogen-bond donors (Lipinski definition) is 1. The number of halogens is 1. The van der Waals surface area contributed by atoms with Crippen LogP contribution in [0.2, 0.25) is 5.02 Å². The van der Waals surface area contributed by atoms with Gasteiger partial charge in [0.25, 0.3) is 0 Å². The van der Waals surface area contributed by atoms with E-state index in [1.807, 2.05) is 54.6 Å². The van der Waals surface area contributed by atoms with Crippen molar-refractivity contribution in [3.63, 3.8) is 0 Å². The Morgan fingerprint density at radius 2 is 1.77 bits per heavy atom. The van der Waals surface area contributed by atoms with Gasteiger partial charge < -0.3 is 15.0 Å². The molecule has 0 fully saturated rings. The van der Waals surface area contributed by atoms with Gasteiger partial charge in [-0.3, -0.25) is 9.59 Å². The lowest BCUT2D eigenvalue weighted by molar-refractivity contribution is -0.131. The number of methoxy groups -OCH3 is 1. The number of nitrogens with zero attached hydrogens (tertiary/aromatic N) is 2. The van der Waals surface area contributed by atoms with Crippen molar-refractivity contribution in [1.29, 1.82) is 0 Å². The number of ether oxygens (including phenoxy) is 1. The zero-order valence-corrected chi connectivity index (χ0v) is 20.9. The number of amides is 2. The highest BCUT2D eigenvalue weighted by molar-refractivity contribution is 7.99. The molecule has 0 saturated heterocycles. The van der Waals surface area contributed by atoms with Gasteiger partial charge in [-0.1, -0.05) is 65.8 Å². The Hall–Kier alpha value is -3.55. The first-order valence-electron chi connectivity index (χ1n) is 10.9. The summed E-state index contributed by atoms with van der Waals surface area (Å²) in [5.74, 6) is 0.359. The summed E-state index contributed by atoms with van der Waals surface area (Å²) in [6.07, 6.45) is 0. The molecule has 4 rings (SSSR count). The molecule has 0 bridgehead atoms. The minimum absolute atomic E-state index is 0.0811. The number of rotatable bonds is 8. The molecule has 4 aromatic rings. The fourth-order valence-electron chi connectivity index (χ4n) is 3.54. The van der Waals surface area contributed by atoms with E-state index >= 15 is 0 Å². The Morgan fingerprint density at radius 3 is 2.51 bits per heavy atom. The number of thioether (sulfide) groups is 1. The second-order valence-electron chi connectivity index (χ2n) is 7.82. The maximum Gasteiger partial charge on any atom is 0.244 e. The predicted octanol–water partition coefficient (Wildman–Crippen LogP) is 5.75. The average molecular weight is 506 g/mol. The quantitative estimate of drug-likeness (QED) is 0.308. The number of pyridine rings is 1. The van der Waals surface area contributed by atoms with Crippen LogP contribution in [0.5, 0.6) is 5.75 Å². The number of fused-ring (bicyclic) bond motifs is 1. The van der Waals surface area contributed by atoms with Crippen molar-refractivity contribution in [1.82, 2.24) is 9.88 Å². The normalized spacial score (nSPS) is 10.7. The molecule has 35 heavy (non-hydrogen) atoms. The van der Waals surface area contributed by atoms with Crippen LogP contribution in [-0.4, -0.2) is 48.2 Å². The number of para-hydroxylation sites is 1. The zero-order valence-electron chi connectivity index (χ0n) is 19.3. The molecule has 0 radical (unpaired) electrons. The number of aromatic nitrogens is 1. The van der Waals surface area contributed by atoms with Crippen LogP contribution in [0.3, 0.4) is 0 Å². The third-order valence-corrected chi connectivity index (χ3v) is 6.60. The second-order valence-corrected chi connectivity index (χ2v) is 9.23.